The fraction of sp³-hybridized carbons (Fsp3) is 0. The van der Waals surface area contributed by atoms with Crippen molar-refractivity contribution in [1.82, 2.24) is 0 Å². The van der Waals surface area contributed by atoms with Gasteiger partial charge in [0.25, 0.3) is 0 Å². The first kappa shape index (κ1) is 29.7. The van der Waals surface area contributed by atoms with Gasteiger partial charge in [0.2, 0.25) is 0 Å². The maximum Gasteiger partial charge on any atom is 0 e. The molecule has 4 radical (unpaired) electrons. The summed E-state index contributed by atoms with van der Waals surface area (Å²) in [6.07, 6.45) is 0. The molecular formula is AlLiTiZr. The van der Waals surface area contributed by atoms with Crippen LogP contribution in [0.4, 0.5) is 0 Å². The molecule has 0 bridgehead atoms. The standard InChI is InChI=1S/Al.Li.Ti.Zr. The predicted octanol–water partition coefficient (Wildman–Crippen LogP) is -0.767. The zero-order valence-electron chi connectivity index (χ0n) is 2.58. The van der Waals surface area contributed by atoms with Gasteiger partial charge in [-0.05, 0) is 0 Å². The molecule has 0 rings (SSSR count). The van der Waals surface area contributed by atoms with E-state index in [0.717, 1.165) is 0 Å². The third-order valence-electron chi connectivity index (χ3n) is 0. The van der Waals surface area contributed by atoms with Crippen LogP contribution in [-0.2, 0) is 47.9 Å². The van der Waals surface area contributed by atoms with E-state index in [4.69, 9.17) is 0 Å². The molecule has 4 heteroatoms. The Morgan fingerprint density at radius 3 is 1.00 bits per heavy atom. The molecule has 0 fully saturated rings. The Morgan fingerprint density at radius 2 is 1.00 bits per heavy atom. The molecule has 0 spiro atoms. The van der Waals surface area contributed by atoms with Crippen molar-refractivity contribution in [2.75, 3.05) is 0 Å². The van der Waals surface area contributed by atoms with Gasteiger partial charge < -0.3 is 0 Å². The van der Waals surface area contributed by atoms with Gasteiger partial charge in [-0.2, -0.15) is 0 Å². The topological polar surface area (TPSA) is 0 Å². The summed E-state index contributed by atoms with van der Waals surface area (Å²) in [7, 11) is 0. The Hall–Kier alpha value is 2.73. The number of hydrogen-bond donors (Lipinski definition) is 0. The minimum atomic E-state index is 0. The molecule has 0 nitrogen and oxygen atoms in total. The molecule has 0 N–H and O–H groups in total. The first-order valence-electron chi connectivity index (χ1n) is 0. The molecule has 0 saturated carbocycles. The molecule has 0 unspecified atom stereocenters. The molecule has 4 heavy (non-hydrogen) atoms. The van der Waals surface area contributed by atoms with Crippen LogP contribution < -0.4 is 0 Å². The Kier molecular flexibility index (Phi) is 128. The van der Waals surface area contributed by atoms with E-state index in [0.29, 0.717) is 0 Å². The van der Waals surface area contributed by atoms with Crippen LogP contribution in [0.15, 0.2) is 0 Å². The van der Waals surface area contributed by atoms with Crippen LogP contribution in [0.1, 0.15) is 0 Å². The van der Waals surface area contributed by atoms with Crippen molar-refractivity contribution in [3.05, 3.63) is 0 Å². The predicted molar refractivity (Wildman–Crippen MR) is 11.5 cm³/mol. The van der Waals surface area contributed by atoms with Crippen LogP contribution >= 0.6 is 0 Å². The van der Waals surface area contributed by atoms with E-state index in [-0.39, 0.29) is 84.1 Å². The van der Waals surface area contributed by atoms with Gasteiger partial charge in [0.05, 0.1) is 0 Å². The maximum absolute atomic E-state index is 0. The van der Waals surface area contributed by atoms with Gasteiger partial charge in [-0.15, -0.1) is 0 Å². The summed E-state index contributed by atoms with van der Waals surface area (Å²) in [6, 6.07) is 0. The first-order chi connectivity index (χ1) is 0. The molecule has 12 valence electrons. The second-order valence-electron chi connectivity index (χ2n) is 0. The molecule has 0 aromatic carbocycles. The van der Waals surface area contributed by atoms with Crippen LogP contribution in [0, 0.1) is 0 Å². The van der Waals surface area contributed by atoms with Gasteiger partial charge in [-0.1, -0.05) is 0 Å². The monoisotopic (exact) mass is 172 g/mol. The van der Waals surface area contributed by atoms with Crippen molar-refractivity contribution in [3.8, 4) is 0 Å². The molecule has 0 amide bonds. The molecule has 0 aromatic rings. The average Bonchev–Trinajstić information content (AvgIpc) is 0. The quantitative estimate of drug-likeness (QED) is 0.422. The van der Waals surface area contributed by atoms with E-state index in [1.807, 2.05) is 0 Å². The van der Waals surface area contributed by atoms with Gasteiger partial charge in [0, 0.05) is 84.1 Å². The van der Waals surface area contributed by atoms with E-state index in [2.05, 4.69) is 0 Å². The summed E-state index contributed by atoms with van der Waals surface area (Å²) in [4.78, 5) is 0. The van der Waals surface area contributed by atoms with Crippen molar-refractivity contribution >= 4 is 36.2 Å². The van der Waals surface area contributed by atoms with E-state index >= 15 is 0 Å². The Balaban J connectivity index is 0. The molecule has 0 heterocycles. The van der Waals surface area contributed by atoms with Crippen molar-refractivity contribution in [1.29, 1.82) is 0 Å². The molecule has 0 aromatic heterocycles. The van der Waals surface area contributed by atoms with Crippen LogP contribution in [0.25, 0.3) is 0 Å². The Labute approximate surface area is 82.8 Å². The largest absolute Gasteiger partial charge is 0 e. The summed E-state index contributed by atoms with van der Waals surface area (Å²) >= 11 is 0. The van der Waals surface area contributed by atoms with Crippen molar-refractivity contribution in [2.24, 2.45) is 0 Å². The minimum absolute atomic E-state index is 0. The van der Waals surface area contributed by atoms with Gasteiger partial charge in [0.15, 0.2) is 0 Å². The van der Waals surface area contributed by atoms with E-state index in [9.17, 15) is 0 Å². The molecule has 0 saturated heterocycles. The van der Waals surface area contributed by atoms with E-state index in [1.54, 1.807) is 0 Å². The van der Waals surface area contributed by atoms with Crippen molar-refractivity contribution in [3.63, 3.8) is 0 Å². The molecule has 0 aliphatic carbocycles. The van der Waals surface area contributed by atoms with Crippen molar-refractivity contribution < 1.29 is 47.9 Å². The van der Waals surface area contributed by atoms with Crippen LogP contribution in [0.3, 0.4) is 0 Å². The normalized spacial score (nSPS) is 0. The zero-order valence-corrected chi connectivity index (χ0v) is 7.75. The number of hydrogen-bond acceptors (Lipinski definition) is 0. The summed E-state index contributed by atoms with van der Waals surface area (Å²) < 4.78 is 0. The van der Waals surface area contributed by atoms with Crippen LogP contribution in [-0.4, -0.2) is 36.2 Å². The van der Waals surface area contributed by atoms with Crippen LogP contribution in [0.2, 0.25) is 0 Å². The summed E-state index contributed by atoms with van der Waals surface area (Å²) in [5.74, 6) is 0. The van der Waals surface area contributed by atoms with Gasteiger partial charge in [0.1, 0.15) is 0 Å². The second-order valence-corrected chi connectivity index (χ2v) is 0. The minimum Gasteiger partial charge on any atom is 0 e. The third kappa shape index (κ3) is 8.83. The summed E-state index contributed by atoms with van der Waals surface area (Å²) in [5, 5.41) is 0. The Morgan fingerprint density at radius 1 is 1.00 bits per heavy atom. The van der Waals surface area contributed by atoms with Crippen molar-refractivity contribution in [2.45, 2.75) is 0 Å². The van der Waals surface area contributed by atoms with Crippen LogP contribution in [0.5, 0.6) is 0 Å². The summed E-state index contributed by atoms with van der Waals surface area (Å²) in [5.41, 5.74) is 0. The first-order valence-corrected chi connectivity index (χ1v) is 0. The molecule has 0 atom stereocenters. The average molecular weight is 173 g/mol. The Bertz CT molecular complexity index is 8.00. The molecular weight excluding hydrogens is 173 g/mol. The van der Waals surface area contributed by atoms with Gasteiger partial charge in [-0.3, -0.25) is 0 Å². The fourth-order valence-electron chi connectivity index (χ4n) is 0. The fourth-order valence-corrected chi connectivity index (χ4v) is 0. The SMILES string of the molecule is [Al].[Li].[Ti].[Zr]. The van der Waals surface area contributed by atoms with Gasteiger partial charge >= 0.3 is 0 Å². The number of rotatable bonds is 0. The van der Waals surface area contributed by atoms with E-state index < -0.39 is 0 Å². The van der Waals surface area contributed by atoms with Gasteiger partial charge in [-0.25, -0.2) is 0 Å². The maximum atomic E-state index is 0. The molecule has 0 aliphatic rings. The summed E-state index contributed by atoms with van der Waals surface area (Å²) in [6.45, 7) is 0. The van der Waals surface area contributed by atoms with E-state index in [1.165, 1.54) is 0 Å². The third-order valence-corrected chi connectivity index (χ3v) is 0. The smallest absolute Gasteiger partial charge is 0 e. The zero-order chi connectivity index (χ0) is 0. The second kappa shape index (κ2) is 17.2. The molecule has 0 aliphatic heterocycles.